The number of rotatable bonds is 8. The van der Waals surface area contributed by atoms with Gasteiger partial charge in [0.1, 0.15) is 18.8 Å². The third-order valence-corrected chi connectivity index (χ3v) is 11.1. The van der Waals surface area contributed by atoms with Crippen molar-refractivity contribution in [2.45, 2.75) is 57.1 Å². The maximum absolute atomic E-state index is 14.9. The maximum Gasteiger partial charge on any atom is 0.278 e. The fourth-order valence-corrected chi connectivity index (χ4v) is 7.72. The molecule has 5 heterocycles. The standard InChI is InChI=1S/C35H37ClFN6O4P/c1-35(26-9-8-23(36)18-27(26)37)46-30-6-4-5-25(32(30)47-35)21-11-14-42(15-12-21)20-31-38-28-17-22(33-39-34(41-40-33)48(2,3)44)7-10-29(28)43(31)19-24-13-16-45-24/h4-10,17-18,21,24H,11-16,19-20H2,1-3H3,(H,39,40,41). The molecule has 0 amide bonds. The molecule has 3 aliphatic rings. The van der Waals surface area contributed by atoms with Crippen molar-refractivity contribution in [3.8, 4) is 22.9 Å². The fourth-order valence-electron chi connectivity index (χ4n) is 6.94. The topological polar surface area (TPSA) is 107 Å². The summed E-state index contributed by atoms with van der Waals surface area (Å²) in [5.41, 5.74) is 4.56. The molecular formula is C35H37ClFN6O4P. The number of H-pyrrole nitrogens is 1. The number of aromatic nitrogens is 5. The van der Waals surface area contributed by atoms with Crippen LogP contribution in [0.4, 0.5) is 4.39 Å². The number of nitrogens with one attached hydrogen (secondary N) is 1. The number of likely N-dealkylation sites (tertiary alicyclic amines) is 1. The van der Waals surface area contributed by atoms with Crippen molar-refractivity contribution in [1.82, 2.24) is 29.6 Å². The number of imidazole rings is 1. The van der Waals surface area contributed by atoms with Crippen LogP contribution in [0.2, 0.25) is 5.02 Å². The Labute approximate surface area is 282 Å². The summed E-state index contributed by atoms with van der Waals surface area (Å²) >= 11 is 6.00. The highest BCUT2D eigenvalue weighted by Crippen LogP contribution is 2.50. The van der Waals surface area contributed by atoms with Crippen molar-refractivity contribution < 1.29 is 23.2 Å². The fraction of sp³-hybridized carbons (Fsp3) is 0.400. The van der Waals surface area contributed by atoms with Crippen LogP contribution in [0.1, 0.15) is 49.1 Å². The van der Waals surface area contributed by atoms with E-state index in [9.17, 15) is 8.96 Å². The maximum atomic E-state index is 14.9. The Morgan fingerprint density at radius 1 is 1.06 bits per heavy atom. The lowest BCUT2D eigenvalue weighted by molar-refractivity contribution is -0.0712. The molecule has 0 aliphatic carbocycles. The molecule has 3 aliphatic heterocycles. The van der Waals surface area contributed by atoms with Crippen molar-refractivity contribution in [2.24, 2.45) is 0 Å². The summed E-state index contributed by atoms with van der Waals surface area (Å²) in [6, 6.07) is 16.6. The number of halogens is 2. The molecule has 2 aromatic heterocycles. The van der Waals surface area contributed by atoms with E-state index in [1.165, 1.54) is 6.07 Å². The van der Waals surface area contributed by atoms with Gasteiger partial charge in [-0.25, -0.2) is 14.4 Å². The first-order valence-electron chi connectivity index (χ1n) is 16.3. The zero-order valence-electron chi connectivity index (χ0n) is 27.1. The van der Waals surface area contributed by atoms with Crippen LogP contribution in [0.5, 0.6) is 11.5 Å². The Morgan fingerprint density at radius 3 is 2.58 bits per heavy atom. The lowest BCUT2D eigenvalue weighted by Crippen LogP contribution is -2.35. The molecule has 0 bridgehead atoms. The number of aromatic amines is 1. The molecule has 0 spiro atoms. The average Bonchev–Trinajstić information content (AvgIpc) is 3.74. The Bertz CT molecular complexity index is 2070. The van der Waals surface area contributed by atoms with Gasteiger partial charge in [0, 0.05) is 29.7 Å². The van der Waals surface area contributed by atoms with Crippen molar-refractivity contribution in [3.63, 3.8) is 0 Å². The van der Waals surface area contributed by atoms with Crippen LogP contribution in [0, 0.1) is 5.82 Å². The Balaban J connectivity index is 1.00. The first-order chi connectivity index (χ1) is 23.0. The van der Waals surface area contributed by atoms with Crippen molar-refractivity contribution in [1.29, 1.82) is 0 Å². The van der Waals surface area contributed by atoms with Gasteiger partial charge in [-0.2, -0.15) is 5.10 Å². The molecular weight excluding hydrogens is 654 g/mol. The second-order valence-corrected chi connectivity index (χ2v) is 17.0. The number of benzene rings is 3. The zero-order chi connectivity index (χ0) is 33.2. The normalized spacial score (nSPS) is 21.6. The molecule has 10 nitrogen and oxygen atoms in total. The van der Waals surface area contributed by atoms with E-state index in [4.69, 9.17) is 30.8 Å². The third-order valence-electron chi connectivity index (χ3n) is 9.67. The quantitative estimate of drug-likeness (QED) is 0.180. The highest BCUT2D eigenvalue weighted by atomic mass is 35.5. The Hall–Kier alpha value is -3.76. The third kappa shape index (κ3) is 5.81. The van der Waals surface area contributed by atoms with Crippen LogP contribution in [0.15, 0.2) is 54.6 Å². The molecule has 1 N–H and O–H groups in total. The lowest BCUT2D eigenvalue weighted by Gasteiger charge is -2.33. The first-order valence-corrected chi connectivity index (χ1v) is 19.3. The number of piperidine rings is 1. The van der Waals surface area contributed by atoms with Crippen molar-refractivity contribution in [2.75, 3.05) is 33.0 Å². The number of hydrogen-bond acceptors (Lipinski definition) is 8. The molecule has 48 heavy (non-hydrogen) atoms. The minimum absolute atomic E-state index is 0.180. The molecule has 2 saturated heterocycles. The predicted octanol–water partition coefficient (Wildman–Crippen LogP) is 6.67. The smallest absolute Gasteiger partial charge is 0.278 e. The van der Waals surface area contributed by atoms with Crippen LogP contribution in [0.3, 0.4) is 0 Å². The van der Waals surface area contributed by atoms with Gasteiger partial charge in [-0.1, -0.05) is 23.7 Å². The van der Waals surface area contributed by atoms with Gasteiger partial charge in [0.05, 0.1) is 35.8 Å². The SMILES string of the molecule is CC1(c2ccc(Cl)cc2F)Oc2cccc(C3CCN(Cc4nc5cc(-c6n[nH]c(P(C)(C)=O)n6)ccc5n4CC4CCO4)CC3)c2O1. The largest absolute Gasteiger partial charge is 0.444 e. The molecule has 13 heteroatoms. The second-order valence-electron chi connectivity index (χ2n) is 13.5. The summed E-state index contributed by atoms with van der Waals surface area (Å²) in [6.45, 7) is 9.13. The highest BCUT2D eigenvalue weighted by Gasteiger charge is 2.43. The number of nitrogens with zero attached hydrogens (tertiary/aromatic N) is 5. The van der Waals surface area contributed by atoms with Crippen LogP contribution < -0.4 is 15.0 Å². The minimum Gasteiger partial charge on any atom is -0.444 e. The van der Waals surface area contributed by atoms with Gasteiger partial charge < -0.3 is 23.3 Å². The van der Waals surface area contributed by atoms with Gasteiger partial charge in [0.15, 0.2) is 22.9 Å². The van der Waals surface area contributed by atoms with Crippen LogP contribution in [-0.4, -0.2) is 68.8 Å². The molecule has 2 atom stereocenters. The molecule has 0 saturated carbocycles. The Kier molecular flexibility index (Phi) is 7.86. The summed E-state index contributed by atoms with van der Waals surface area (Å²) in [5, 5.41) is 7.49. The van der Waals surface area contributed by atoms with E-state index in [0.29, 0.717) is 40.0 Å². The molecule has 2 unspecified atom stereocenters. The van der Waals surface area contributed by atoms with Gasteiger partial charge in [-0.3, -0.25) is 10.00 Å². The number of ether oxygens (including phenoxy) is 3. The van der Waals surface area contributed by atoms with Gasteiger partial charge in [0.25, 0.3) is 5.79 Å². The molecule has 5 aromatic rings. The highest BCUT2D eigenvalue weighted by molar-refractivity contribution is 7.69. The van der Waals surface area contributed by atoms with E-state index in [-0.39, 0.29) is 12.0 Å². The molecule has 3 aromatic carbocycles. The van der Waals surface area contributed by atoms with Gasteiger partial charge >= 0.3 is 0 Å². The molecule has 0 radical (unpaired) electrons. The van der Waals surface area contributed by atoms with Crippen LogP contribution >= 0.6 is 18.7 Å². The number of fused-ring (bicyclic) bond motifs is 2. The van der Waals surface area contributed by atoms with E-state index in [1.54, 1.807) is 32.4 Å². The van der Waals surface area contributed by atoms with Gasteiger partial charge in [0.2, 0.25) is 0 Å². The zero-order valence-corrected chi connectivity index (χ0v) is 28.7. The number of hydrogen-bond donors (Lipinski definition) is 1. The predicted molar refractivity (Wildman–Crippen MR) is 182 cm³/mol. The van der Waals surface area contributed by atoms with Crippen LogP contribution in [0.25, 0.3) is 22.4 Å². The first kappa shape index (κ1) is 31.5. The van der Waals surface area contributed by atoms with Crippen molar-refractivity contribution in [3.05, 3.63) is 82.4 Å². The van der Waals surface area contributed by atoms with Crippen LogP contribution in [-0.2, 0) is 28.2 Å². The van der Waals surface area contributed by atoms with E-state index < -0.39 is 18.7 Å². The van der Waals surface area contributed by atoms with E-state index in [0.717, 1.165) is 73.5 Å². The molecule has 250 valence electrons. The summed E-state index contributed by atoms with van der Waals surface area (Å²) in [5.74, 6) is 1.35. The summed E-state index contributed by atoms with van der Waals surface area (Å²) < 4.78 is 48.1. The average molecular weight is 691 g/mol. The van der Waals surface area contributed by atoms with Crippen molar-refractivity contribution >= 4 is 35.3 Å². The Morgan fingerprint density at radius 2 is 1.88 bits per heavy atom. The lowest BCUT2D eigenvalue weighted by atomic mass is 9.88. The van der Waals surface area contributed by atoms with Gasteiger partial charge in [-0.05, 0) is 94.1 Å². The molecule has 8 rings (SSSR count). The van der Waals surface area contributed by atoms with Gasteiger partial charge in [-0.15, -0.1) is 0 Å². The summed E-state index contributed by atoms with van der Waals surface area (Å²) in [7, 11) is -2.55. The molecule has 2 fully saturated rings. The monoisotopic (exact) mass is 690 g/mol. The summed E-state index contributed by atoms with van der Waals surface area (Å²) in [4.78, 5) is 12.1. The van der Waals surface area contributed by atoms with E-state index in [1.807, 2.05) is 24.3 Å². The van der Waals surface area contributed by atoms with E-state index >= 15 is 0 Å². The van der Waals surface area contributed by atoms with E-state index in [2.05, 4.69) is 36.8 Å². The second kappa shape index (κ2) is 12.0. The summed E-state index contributed by atoms with van der Waals surface area (Å²) in [6.07, 6.45) is 3.09. The minimum atomic E-state index is -2.55. The number of para-hydroxylation sites is 1.